The molecular formula is C30H36N4O2. The number of aromatic nitrogens is 2. The number of benzene rings is 1. The molecular weight excluding hydrogens is 448 g/mol. The van der Waals surface area contributed by atoms with Crippen LogP contribution in [-0.4, -0.2) is 21.8 Å². The van der Waals surface area contributed by atoms with Gasteiger partial charge in [0.25, 0.3) is 0 Å². The zero-order chi connectivity index (χ0) is 24.1. The third-order valence-corrected chi connectivity index (χ3v) is 11.2. The number of rotatable bonds is 4. The number of carbonyl (C=O) groups is 2. The highest BCUT2D eigenvalue weighted by Gasteiger charge is 2.56. The fourth-order valence-electron chi connectivity index (χ4n) is 10.6. The van der Waals surface area contributed by atoms with Crippen molar-refractivity contribution in [3.63, 3.8) is 0 Å². The first-order chi connectivity index (χ1) is 17.5. The second kappa shape index (κ2) is 7.52. The molecule has 0 atom stereocenters. The fraction of sp³-hybridized carbons (Fsp3) is 0.667. The van der Waals surface area contributed by atoms with Crippen LogP contribution in [0, 0.1) is 46.3 Å². The van der Waals surface area contributed by atoms with E-state index in [1.165, 1.54) is 44.9 Å². The quantitative estimate of drug-likeness (QED) is 0.563. The van der Waals surface area contributed by atoms with Crippen LogP contribution < -0.4 is 10.6 Å². The predicted octanol–water partition coefficient (Wildman–Crippen LogP) is 5.94. The standard InChI is InChI=1S/C30H36N4O2/c35-27(29-9-17-1-18(10-29)3-19(2-17)11-29)33-23-7-25-24(15-31-16-32-25)26(8-23)34-28(36)30-12-20-4-21(13-30)6-22(5-20)14-30/h7-8,15-22H,1-6,9-14H2,(H,33,35)(H,34,36). The monoisotopic (exact) mass is 484 g/mol. The molecule has 10 rings (SSSR count). The zero-order valence-corrected chi connectivity index (χ0v) is 21.0. The number of carbonyl (C=O) groups excluding carboxylic acids is 2. The van der Waals surface area contributed by atoms with Gasteiger partial charge in [0, 0.05) is 17.3 Å². The van der Waals surface area contributed by atoms with Gasteiger partial charge in [0.15, 0.2) is 0 Å². The average molecular weight is 485 g/mol. The van der Waals surface area contributed by atoms with Gasteiger partial charge in [0.05, 0.1) is 22.0 Å². The molecule has 0 unspecified atom stereocenters. The van der Waals surface area contributed by atoms with E-state index in [0.29, 0.717) is 17.8 Å². The molecule has 0 radical (unpaired) electrons. The second-order valence-electron chi connectivity index (χ2n) is 13.8. The minimum absolute atomic E-state index is 0.163. The highest BCUT2D eigenvalue weighted by atomic mass is 16.2. The largest absolute Gasteiger partial charge is 0.325 e. The molecule has 0 spiro atoms. The minimum Gasteiger partial charge on any atom is -0.325 e. The van der Waals surface area contributed by atoms with Crippen LogP contribution in [0.5, 0.6) is 0 Å². The fourth-order valence-corrected chi connectivity index (χ4v) is 10.6. The summed E-state index contributed by atoms with van der Waals surface area (Å²) in [4.78, 5) is 36.3. The Morgan fingerprint density at radius 2 is 1.17 bits per heavy atom. The van der Waals surface area contributed by atoms with E-state index in [-0.39, 0.29) is 22.6 Å². The van der Waals surface area contributed by atoms with E-state index in [2.05, 4.69) is 20.6 Å². The van der Waals surface area contributed by atoms with Gasteiger partial charge in [-0.05, 0) is 125 Å². The summed E-state index contributed by atoms with van der Waals surface area (Å²) in [7, 11) is 0. The lowest BCUT2D eigenvalue weighted by Gasteiger charge is -2.55. The van der Waals surface area contributed by atoms with Gasteiger partial charge in [0.2, 0.25) is 11.8 Å². The molecule has 2 aromatic rings. The maximum atomic E-state index is 13.8. The first kappa shape index (κ1) is 21.6. The highest BCUT2D eigenvalue weighted by Crippen LogP contribution is 2.61. The van der Waals surface area contributed by atoms with E-state index in [1.807, 2.05) is 12.1 Å². The molecule has 188 valence electrons. The van der Waals surface area contributed by atoms with Crippen LogP contribution in [0.25, 0.3) is 10.9 Å². The molecule has 8 saturated carbocycles. The van der Waals surface area contributed by atoms with Crippen molar-refractivity contribution in [3.05, 3.63) is 24.7 Å². The molecule has 2 amide bonds. The summed E-state index contributed by atoms with van der Waals surface area (Å²) in [5.74, 6) is 4.66. The summed E-state index contributed by atoms with van der Waals surface area (Å²) in [5.41, 5.74) is 1.79. The second-order valence-corrected chi connectivity index (χ2v) is 13.8. The van der Waals surface area contributed by atoms with Gasteiger partial charge < -0.3 is 10.6 Å². The van der Waals surface area contributed by atoms with Gasteiger partial charge in [-0.2, -0.15) is 0 Å². The van der Waals surface area contributed by atoms with Crippen molar-refractivity contribution in [3.8, 4) is 0 Å². The molecule has 1 aromatic carbocycles. The van der Waals surface area contributed by atoms with Crippen LogP contribution >= 0.6 is 0 Å². The molecule has 1 heterocycles. The number of nitrogens with one attached hydrogen (secondary N) is 2. The first-order valence-electron chi connectivity index (χ1n) is 14.3. The van der Waals surface area contributed by atoms with E-state index >= 15 is 0 Å². The van der Waals surface area contributed by atoms with Gasteiger partial charge >= 0.3 is 0 Å². The van der Waals surface area contributed by atoms with E-state index in [1.54, 1.807) is 6.20 Å². The molecule has 6 nitrogen and oxygen atoms in total. The topological polar surface area (TPSA) is 84.0 Å². The third kappa shape index (κ3) is 3.28. The van der Waals surface area contributed by atoms with Gasteiger partial charge in [-0.15, -0.1) is 0 Å². The van der Waals surface area contributed by atoms with E-state index in [0.717, 1.165) is 78.6 Å². The maximum absolute atomic E-state index is 13.8. The van der Waals surface area contributed by atoms with Crippen molar-refractivity contribution < 1.29 is 9.59 Å². The van der Waals surface area contributed by atoms with Crippen molar-refractivity contribution in [1.29, 1.82) is 0 Å². The van der Waals surface area contributed by atoms with Gasteiger partial charge in [-0.1, -0.05) is 0 Å². The molecule has 0 aliphatic heterocycles. The molecule has 2 N–H and O–H groups in total. The SMILES string of the molecule is O=C(Nc1cc(NC(=O)C23CC4CC(CC(C4)C2)C3)c2cncnc2c1)C12CC3CC(CC(C3)C1)C2. The maximum Gasteiger partial charge on any atom is 0.230 e. The Bertz CT molecular complexity index is 1200. The van der Waals surface area contributed by atoms with Crippen molar-refractivity contribution in [1.82, 2.24) is 9.97 Å². The number of fused-ring (bicyclic) bond motifs is 1. The van der Waals surface area contributed by atoms with E-state index in [4.69, 9.17) is 0 Å². The summed E-state index contributed by atoms with van der Waals surface area (Å²) in [6.07, 6.45) is 17.4. The molecule has 8 aliphatic rings. The normalized spacial score (nSPS) is 41.6. The molecule has 8 aliphatic carbocycles. The molecule has 8 bridgehead atoms. The first-order valence-corrected chi connectivity index (χ1v) is 14.3. The Morgan fingerprint density at radius 3 is 1.67 bits per heavy atom. The molecule has 0 saturated heterocycles. The van der Waals surface area contributed by atoms with Crippen molar-refractivity contribution in [2.45, 2.75) is 77.0 Å². The van der Waals surface area contributed by atoms with Gasteiger partial charge in [-0.25, -0.2) is 9.97 Å². The van der Waals surface area contributed by atoms with Crippen molar-refractivity contribution in [2.75, 3.05) is 10.6 Å². The van der Waals surface area contributed by atoms with Crippen LogP contribution in [0.15, 0.2) is 24.7 Å². The van der Waals surface area contributed by atoms with Gasteiger partial charge in [-0.3, -0.25) is 9.59 Å². The summed E-state index contributed by atoms with van der Waals surface area (Å²) in [5, 5.41) is 7.45. The lowest BCUT2D eigenvalue weighted by Crippen LogP contribution is -2.52. The molecule has 36 heavy (non-hydrogen) atoms. The lowest BCUT2D eigenvalue weighted by molar-refractivity contribution is -0.140. The van der Waals surface area contributed by atoms with Crippen LogP contribution in [0.4, 0.5) is 11.4 Å². The molecule has 8 fully saturated rings. The number of amides is 2. The summed E-state index contributed by atoms with van der Waals surface area (Å²) in [6, 6.07) is 3.89. The Kier molecular flexibility index (Phi) is 4.50. The summed E-state index contributed by atoms with van der Waals surface area (Å²) in [6.45, 7) is 0. The molecule has 1 aromatic heterocycles. The smallest absolute Gasteiger partial charge is 0.230 e. The highest BCUT2D eigenvalue weighted by molar-refractivity contribution is 6.06. The lowest BCUT2D eigenvalue weighted by atomic mass is 9.49. The average Bonchev–Trinajstić information content (AvgIpc) is 2.82. The Balaban J connectivity index is 1.09. The van der Waals surface area contributed by atoms with E-state index < -0.39 is 0 Å². The van der Waals surface area contributed by atoms with Gasteiger partial charge in [0.1, 0.15) is 6.33 Å². The predicted molar refractivity (Wildman–Crippen MR) is 138 cm³/mol. The third-order valence-electron chi connectivity index (χ3n) is 11.2. The summed E-state index contributed by atoms with van der Waals surface area (Å²) >= 11 is 0. The van der Waals surface area contributed by atoms with Crippen LogP contribution in [0.2, 0.25) is 0 Å². The Morgan fingerprint density at radius 1 is 0.694 bits per heavy atom. The molecule has 6 heteroatoms. The van der Waals surface area contributed by atoms with E-state index in [9.17, 15) is 9.59 Å². The zero-order valence-electron chi connectivity index (χ0n) is 21.0. The minimum atomic E-state index is -0.227. The number of hydrogen-bond donors (Lipinski definition) is 2. The van der Waals surface area contributed by atoms with Crippen molar-refractivity contribution in [2.24, 2.45) is 46.3 Å². The number of anilines is 2. The Labute approximate surface area is 212 Å². The number of hydrogen-bond acceptors (Lipinski definition) is 4. The van der Waals surface area contributed by atoms with Crippen LogP contribution in [0.3, 0.4) is 0 Å². The number of nitrogens with zero attached hydrogens (tertiary/aromatic N) is 2. The van der Waals surface area contributed by atoms with Crippen LogP contribution in [0.1, 0.15) is 77.0 Å². The van der Waals surface area contributed by atoms with Crippen LogP contribution in [-0.2, 0) is 9.59 Å². The van der Waals surface area contributed by atoms with Crippen molar-refractivity contribution >= 4 is 34.1 Å². The summed E-state index contributed by atoms with van der Waals surface area (Å²) < 4.78 is 0. The Hall–Kier alpha value is -2.50.